The standard InChI is InChI=1S/C24H34N4O4/c1-5-7-14-26-17(3)15-21(29)27-22(25)19-16-18(10-11-20(19)32-6-2)28-24(23(30)31-4)12-8-9-13-24/h10-11,14-16,28H,5-9,12-13H2,1-4H3,(H2,25,27,29)/b17-15+,26-14+. The molecule has 1 aromatic rings. The van der Waals surface area contributed by atoms with Crippen molar-refractivity contribution in [1.82, 2.24) is 5.32 Å². The van der Waals surface area contributed by atoms with Crippen molar-refractivity contribution in [3.05, 3.63) is 35.5 Å². The first kappa shape index (κ1) is 25.1. The summed E-state index contributed by atoms with van der Waals surface area (Å²) in [6.45, 7) is 6.05. The zero-order valence-corrected chi connectivity index (χ0v) is 19.4. The Labute approximate surface area is 190 Å². The molecule has 174 valence electrons. The molecule has 32 heavy (non-hydrogen) atoms. The maximum absolute atomic E-state index is 12.4. The number of hydrogen-bond donors (Lipinski definition) is 3. The van der Waals surface area contributed by atoms with E-state index in [1.807, 2.05) is 6.92 Å². The molecule has 1 saturated carbocycles. The number of amidine groups is 1. The molecule has 3 N–H and O–H groups in total. The Balaban J connectivity index is 2.23. The number of amides is 1. The second-order valence-corrected chi connectivity index (χ2v) is 7.80. The van der Waals surface area contributed by atoms with Crippen molar-refractivity contribution in [2.45, 2.75) is 64.8 Å². The van der Waals surface area contributed by atoms with Crippen LogP contribution in [0.15, 0.2) is 35.0 Å². The van der Waals surface area contributed by atoms with Crippen molar-refractivity contribution in [1.29, 1.82) is 5.41 Å². The fourth-order valence-corrected chi connectivity index (χ4v) is 3.71. The number of unbranched alkanes of at least 4 members (excludes halogenated alkanes) is 1. The number of rotatable bonds is 10. The number of benzene rings is 1. The average Bonchev–Trinajstić information content (AvgIpc) is 3.24. The van der Waals surface area contributed by atoms with Crippen LogP contribution in [0.3, 0.4) is 0 Å². The number of nitrogens with zero attached hydrogens (tertiary/aromatic N) is 1. The molecule has 0 unspecified atom stereocenters. The molecule has 1 amide bonds. The molecule has 1 fully saturated rings. The van der Waals surface area contributed by atoms with Gasteiger partial charge in [0.25, 0.3) is 5.91 Å². The number of carbonyl (C=O) groups is 2. The van der Waals surface area contributed by atoms with Gasteiger partial charge in [-0.1, -0.05) is 26.2 Å². The molecule has 0 aromatic heterocycles. The predicted octanol–water partition coefficient (Wildman–Crippen LogP) is 4.20. The Morgan fingerprint density at radius 3 is 2.59 bits per heavy atom. The van der Waals surface area contributed by atoms with Gasteiger partial charge in [-0.05, 0) is 51.3 Å². The van der Waals surface area contributed by atoms with Gasteiger partial charge in [-0.25, -0.2) is 4.79 Å². The van der Waals surface area contributed by atoms with E-state index in [1.54, 1.807) is 31.3 Å². The molecule has 0 bridgehead atoms. The van der Waals surface area contributed by atoms with Gasteiger partial charge in [0.15, 0.2) is 0 Å². The van der Waals surface area contributed by atoms with Crippen molar-refractivity contribution in [3.63, 3.8) is 0 Å². The van der Waals surface area contributed by atoms with Crippen LogP contribution < -0.4 is 15.4 Å². The Hall–Kier alpha value is -3.16. The molecule has 8 heteroatoms. The highest BCUT2D eigenvalue weighted by Crippen LogP contribution is 2.35. The lowest BCUT2D eigenvalue weighted by atomic mass is 9.97. The van der Waals surface area contributed by atoms with Crippen LogP contribution in [0.1, 0.15) is 64.9 Å². The van der Waals surface area contributed by atoms with Gasteiger partial charge in [0, 0.05) is 23.7 Å². The summed E-state index contributed by atoms with van der Waals surface area (Å²) in [5.74, 6) is -0.354. The number of aliphatic imine (C=N–C) groups is 1. The summed E-state index contributed by atoms with van der Waals surface area (Å²) in [5.41, 5.74) is 0.862. The number of anilines is 1. The Morgan fingerprint density at radius 1 is 1.25 bits per heavy atom. The predicted molar refractivity (Wildman–Crippen MR) is 127 cm³/mol. The summed E-state index contributed by atoms with van der Waals surface area (Å²) in [5, 5.41) is 14.3. The summed E-state index contributed by atoms with van der Waals surface area (Å²) < 4.78 is 10.7. The third-order valence-corrected chi connectivity index (χ3v) is 5.27. The minimum Gasteiger partial charge on any atom is -0.493 e. The van der Waals surface area contributed by atoms with E-state index in [0.29, 0.717) is 42.1 Å². The summed E-state index contributed by atoms with van der Waals surface area (Å²) in [7, 11) is 1.39. The Kier molecular flexibility index (Phi) is 9.43. The molecule has 8 nitrogen and oxygen atoms in total. The van der Waals surface area contributed by atoms with Crippen molar-refractivity contribution in [2.24, 2.45) is 4.99 Å². The summed E-state index contributed by atoms with van der Waals surface area (Å²) >= 11 is 0. The zero-order valence-electron chi connectivity index (χ0n) is 19.4. The van der Waals surface area contributed by atoms with E-state index in [4.69, 9.17) is 14.9 Å². The van der Waals surface area contributed by atoms with Gasteiger partial charge in [0.05, 0.1) is 19.3 Å². The van der Waals surface area contributed by atoms with Crippen molar-refractivity contribution >= 4 is 29.6 Å². The summed E-state index contributed by atoms with van der Waals surface area (Å²) in [6.07, 6.45) is 8.18. The van der Waals surface area contributed by atoms with Gasteiger partial charge in [0.1, 0.15) is 17.1 Å². The van der Waals surface area contributed by atoms with E-state index in [9.17, 15) is 9.59 Å². The quantitative estimate of drug-likeness (QED) is 0.218. The first-order valence-corrected chi connectivity index (χ1v) is 11.1. The van der Waals surface area contributed by atoms with Gasteiger partial charge < -0.3 is 20.1 Å². The molecule has 0 heterocycles. The minimum absolute atomic E-state index is 0.0952. The van der Waals surface area contributed by atoms with Gasteiger partial charge >= 0.3 is 5.97 Å². The molecule has 1 aliphatic carbocycles. The third kappa shape index (κ3) is 6.67. The second-order valence-electron chi connectivity index (χ2n) is 7.80. The zero-order chi connectivity index (χ0) is 23.6. The lowest BCUT2D eigenvalue weighted by molar-refractivity contribution is -0.145. The molecule has 1 aliphatic rings. The van der Waals surface area contributed by atoms with Gasteiger partial charge in [-0.15, -0.1) is 0 Å². The summed E-state index contributed by atoms with van der Waals surface area (Å²) in [4.78, 5) is 29.0. The van der Waals surface area contributed by atoms with Crippen LogP contribution in [0.25, 0.3) is 0 Å². The van der Waals surface area contributed by atoms with Crippen molar-refractivity contribution < 1.29 is 19.1 Å². The number of ether oxygens (including phenoxy) is 2. The van der Waals surface area contributed by atoms with Crippen molar-refractivity contribution in [2.75, 3.05) is 19.0 Å². The van der Waals surface area contributed by atoms with Crippen LogP contribution in [0.5, 0.6) is 5.75 Å². The molecular weight excluding hydrogens is 408 g/mol. The van der Waals surface area contributed by atoms with Gasteiger partial charge in [-0.3, -0.25) is 15.2 Å². The van der Waals surface area contributed by atoms with Crippen LogP contribution in [0, 0.1) is 5.41 Å². The number of carbonyl (C=O) groups excluding carboxylic acids is 2. The lowest BCUT2D eigenvalue weighted by Crippen LogP contribution is -2.44. The first-order valence-electron chi connectivity index (χ1n) is 11.1. The molecule has 0 radical (unpaired) electrons. The number of hydrogen-bond acceptors (Lipinski definition) is 7. The smallest absolute Gasteiger partial charge is 0.331 e. The molecular formula is C24H34N4O4. The average molecular weight is 443 g/mol. The lowest BCUT2D eigenvalue weighted by Gasteiger charge is -2.28. The van der Waals surface area contributed by atoms with Crippen molar-refractivity contribution in [3.8, 4) is 5.75 Å². The SMILES string of the molecule is CCC/C=N/C(C)=C/C(=O)NC(=N)c1cc(NC2(C(=O)OC)CCCC2)ccc1OCC. The molecule has 0 atom stereocenters. The molecule has 0 spiro atoms. The maximum Gasteiger partial charge on any atom is 0.331 e. The largest absolute Gasteiger partial charge is 0.493 e. The molecule has 2 rings (SSSR count). The number of allylic oxidation sites excluding steroid dienone is 1. The minimum atomic E-state index is -0.777. The van der Waals surface area contributed by atoms with Crippen LogP contribution in [-0.2, 0) is 14.3 Å². The number of nitrogens with one attached hydrogen (secondary N) is 3. The van der Waals surface area contributed by atoms with E-state index in [-0.39, 0.29) is 11.8 Å². The number of methoxy groups -OCH3 is 1. The fraction of sp³-hybridized carbons (Fsp3) is 0.500. The number of esters is 1. The van der Waals surface area contributed by atoms with Crippen LogP contribution >= 0.6 is 0 Å². The fourth-order valence-electron chi connectivity index (χ4n) is 3.71. The van der Waals surface area contributed by atoms with Crippen LogP contribution in [-0.4, -0.2) is 43.2 Å². The molecule has 0 aliphatic heterocycles. The topological polar surface area (TPSA) is 113 Å². The molecule has 0 saturated heterocycles. The highest BCUT2D eigenvalue weighted by Gasteiger charge is 2.42. The second kappa shape index (κ2) is 12.0. The van der Waals surface area contributed by atoms with E-state index < -0.39 is 11.4 Å². The third-order valence-electron chi connectivity index (χ3n) is 5.27. The van der Waals surface area contributed by atoms with Crippen LogP contribution in [0.2, 0.25) is 0 Å². The van der Waals surface area contributed by atoms with Gasteiger partial charge in [0.2, 0.25) is 0 Å². The highest BCUT2D eigenvalue weighted by atomic mass is 16.5. The van der Waals surface area contributed by atoms with E-state index in [2.05, 4.69) is 22.5 Å². The highest BCUT2D eigenvalue weighted by molar-refractivity contribution is 6.11. The Bertz CT molecular complexity index is 886. The monoisotopic (exact) mass is 442 g/mol. The van der Waals surface area contributed by atoms with E-state index in [1.165, 1.54) is 13.2 Å². The Morgan fingerprint density at radius 2 is 1.97 bits per heavy atom. The normalized spacial score (nSPS) is 15.4. The molecule has 1 aromatic carbocycles. The van der Waals surface area contributed by atoms with Gasteiger partial charge in [-0.2, -0.15) is 0 Å². The van der Waals surface area contributed by atoms with E-state index >= 15 is 0 Å². The van der Waals surface area contributed by atoms with Crippen LogP contribution in [0.4, 0.5) is 5.69 Å². The summed E-state index contributed by atoms with van der Waals surface area (Å²) in [6, 6.07) is 5.25. The first-order chi connectivity index (χ1) is 15.3. The maximum atomic E-state index is 12.4. The van der Waals surface area contributed by atoms with E-state index in [0.717, 1.165) is 25.7 Å².